The molecule has 0 saturated heterocycles. The molecule has 0 radical (unpaired) electrons. The van der Waals surface area contributed by atoms with Crippen molar-refractivity contribution < 1.29 is 13.3 Å². The summed E-state index contributed by atoms with van der Waals surface area (Å²) < 4.78 is 40.9. The minimum atomic E-state index is -2.32. The van der Waals surface area contributed by atoms with Gasteiger partial charge in [-0.3, -0.25) is 0 Å². The zero-order valence-corrected chi connectivity index (χ0v) is 13.6. The third kappa shape index (κ3) is 3.43. The van der Waals surface area contributed by atoms with Gasteiger partial charge in [-0.25, -0.2) is 8.78 Å². The van der Waals surface area contributed by atoms with Crippen LogP contribution in [0.4, 0.5) is 8.78 Å². The van der Waals surface area contributed by atoms with Crippen molar-refractivity contribution in [2.75, 3.05) is 0 Å². The van der Waals surface area contributed by atoms with Gasteiger partial charge in [0, 0.05) is 5.56 Å². The van der Waals surface area contributed by atoms with Crippen LogP contribution in [0.15, 0.2) is 29.7 Å². The van der Waals surface area contributed by atoms with Gasteiger partial charge in [0.1, 0.15) is 19.3 Å². The first-order valence-corrected chi connectivity index (χ1v) is 9.57. The van der Waals surface area contributed by atoms with E-state index in [9.17, 15) is 8.78 Å². The van der Waals surface area contributed by atoms with Crippen LogP contribution in [0.25, 0.3) is 5.83 Å². The number of hydrogen-bond donors (Lipinski definition) is 0. The maximum atomic E-state index is 14.6. The normalized spacial score (nSPS) is 14.5. The Bertz CT molecular complexity index is 452. The molecule has 1 unspecified atom stereocenters. The van der Waals surface area contributed by atoms with Crippen LogP contribution >= 0.6 is 9.41 Å². The summed E-state index contributed by atoms with van der Waals surface area (Å²) in [4.78, 5) is 0. The summed E-state index contributed by atoms with van der Waals surface area (Å²) in [6.07, 6.45) is 0. The van der Waals surface area contributed by atoms with E-state index in [1.165, 1.54) is 12.1 Å². The Labute approximate surface area is 118 Å². The lowest BCUT2D eigenvalue weighted by molar-refractivity contribution is 0.633. The number of hydrogen-bond acceptors (Lipinski definition) is 1. The van der Waals surface area contributed by atoms with Gasteiger partial charge in [0.05, 0.1) is 10.7 Å². The van der Waals surface area contributed by atoms with E-state index in [2.05, 4.69) is 0 Å². The van der Waals surface area contributed by atoms with Crippen molar-refractivity contribution in [2.24, 2.45) is 0 Å². The Morgan fingerprint density at radius 2 is 1.68 bits per heavy atom. The standard InChI is InChI=1S/C14H21F2OPSi/c1-4-19(5-2,6-3)14(16)13(15)11-7-9-12(17-18)10-8-11/h7-10H,4-6,18H2,1-3H3/b14-13-/i18T. The van der Waals surface area contributed by atoms with Crippen LogP contribution in [0.1, 0.15) is 26.3 Å². The average Bonchev–Trinajstić information content (AvgIpc) is 2.50. The molecule has 1 atom stereocenters. The van der Waals surface area contributed by atoms with Gasteiger partial charge in [-0.1, -0.05) is 38.9 Å². The fourth-order valence-corrected chi connectivity index (χ4v) is 5.42. The van der Waals surface area contributed by atoms with Gasteiger partial charge in [-0.2, -0.15) is 0 Å². The van der Waals surface area contributed by atoms with Crippen LogP contribution in [0, 0.1) is 0 Å². The molecule has 0 aliphatic heterocycles. The highest BCUT2D eigenvalue weighted by Crippen LogP contribution is 2.35. The zero-order valence-electron chi connectivity index (χ0n) is 12.6. The van der Waals surface area contributed by atoms with Crippen molar-refractivity contribution in [3.05, 3.63) is 35.3 Å². The summed E-state index contributed by atoms with van der Waals surface area (Å²) >= 11 is 0. The Morgan fingerprint density at radius 3 is 2.11 bits per heavy atom. The van der Waals surface area contributed by atoms with Gasteiger partial charge in [-0.15, -0.1) is 0 Å². The maximum Gasteiger partial charge on any atom is 0.157 e. The minimum Gasteiger partial charge on any atom is -0.480 e. The average molecular weight is 304 g/mol. The molecule has 0 N–H and O–H groups in total. The SMILES string of the molecule is [3H]POc1ccc(/C(F)=C(\F)[Si](CC)(CC)CC)cc1. The molecule has 1 nitrogen and oxygen atoms in total. The van der Waals surface area contributed by atoms with Crippen molar-refractivity contribution >= 4 is 23.3 Å². The Balaban J connectivity index is 3.12. The first-order chi connectivity index (χ1) is 9.54. The lowest BCUT2D eigenvalue weighted by Crippen LogP contribution is -2.33. The fraction of sp³-hybridized carbons (Fsp3) is 0.429. The summed E-state index contributed by atoms with van der Waals surface area (Å²) in [6, 6.07) is 8.27. The molecule has 1 rings (SSSR count). The number of halogens is 2. The second kappa shape index (κ2) is 7.16. The van der Waals surface area contributed by atoms with Crippen LogP contribution in [0.3, 0.4) is 0 Å². The molecule has 19 heavy (non-hydrogen) atoms. The predicted octanol–water partition coefficient (Wildman–Crippen LogP) is 5.51. The largest absolute Gasteiger partial charge is 0.480 e. The predicted molar refractivity (Wildman–Crippen MR) is 83.1 cm³/mol. The summed E-state index contributed by atoms with van der Waals surface area (Å²) in [6.45, 7) is 5.83. The molecule has 1 aromatic carbocycles. The first-order valence-electron chi connectivity index (χ1n) is 7.04. The van der Waals surface area contributed by atoms with Crippen molar-refractivity contribution in [3.8, 4) is 5.75 Å². The van der Waals surface area contributed by atoms with E-state index in [0.717, 1.165) is 0 Å². The quantitative estimate of drug-likeness (QED) is 0.476. The van der Waals surface area contributed by atoms with Crippen molar-refractivity contribution in [1.29, 1.82) is 1.28 Å². The Kier molecular flexibility index (Phi) is 5.53. The summed E-state index contributed by atoms with van der Waals surface area (Å²) in [5.74, 6) is -0.234. The van der Waals surface area contributed by atoms with E-state index in [0.29, 0.717) is 23.9 Å². The van der Waals surface area contributed by atoms with E-state index >= 15 is 0 Å². The van der Waals surface area contributed by atoms with Crippen molar-refractivity contribution in [3.63, 3.8) is 0 Å². The van der Waals surface area contributed by atoms with E-state index in [1.54, 1.807) is 12.1 Å². The Hall–Kier alpha value is -0.733. The van der Waals surface area contributed by atoms with E-state index in [-0.39, 0.29) is 5.56 Å². The summed E-state index contributed by atoms with van der Waals surface area (Å²) in [5, 5.41) is 0. The van der Waals surface area contributed by atoms with E-state index in [1.807, 2.05) is 20.8 Å². The molecule has 0 bridgehead atoms. The van der Waals surface area contributed by atoms with Crippen LogP contribution in [-0.2, 0) is 0 Å². The van der Waals surface area contributed by atoms with Gasteiger partial charge >= 0.3 is 0 Å². The van der Waals surface area contributed by atoms with Crippen LogP contribution in [0.5, 0.6) is 5.75 Å². The highest BCUT2D eigenvalue weighted by molar-refractivity contribution is 7.10. The smallest absolute Gasteiger partial charge is 0.157 e. The molecule has 0 amide bonds. The second-order valence-electron chi connectivity index (χ2n) is 4.60. The molecule has 0 aromatic heterocycles. The second-order valence-corrected chi connectivity index (χ2v) is 9.92. The third-order valence-corrected chi connectivity index (χ3v) is 9.36. The summed E-state index contributed by atoms with van der Waals surface area (Å²) in [7, 11) is -2.73. The molecule has 0 saturated carbocycles. The molecule has 0 heterocycles. The maximum absolute atomic E-state index is 14.6. The highest BCUT2D eigenvalue weighted by atomic mass is 31.0. The van der Waals surface area contributed by atoms with Gasteiger partial charge in [0.2, 0.25) is 0 Å². The van der Waals surface area contributed by atoms with Gasteiger partial charge < -0.3 is 4.52 Å². The van der Waals surface area contributed by atoms with Gasteiger partial charge in [0.25, 0.3) is 0 Å². The molecular weight excluding hydrogens is 281 g/mol. The Morgan fingerprint density at radius 1 is 1.16 bits per heavy atom. The molecule has 0 spiro atoms. The topological polar surface area (TPSA) is 9.23 Å². The van der Waals surface area contributed by atoms with Crippen LogP contribution in [-0.4, -0.2) is 9.35 Å². The molecule has 5 heteroatoms. The molecule has 0 aliphatic rings. The van der Waals surface area contributed by atoms with Gasteiger partial charge in [-0.05, 0) is 24.3 Å². The minimum absolute atomic E-state index is 0.246. The summed E-state index contributed by atoms with van der Waals surface area (Å²) in [5.41, 5.74) is -0.281. The lowest BCUT2D eigenvalue weighted by Gasteiger charge is -2.26. The van der Waals surface area contributed by atoms with E-state index < -0.39 is 28.8 Å². The van der Waals surface area contributed by atoms with Gasteiger partial charge in [0.15, 0.2) is 5.83 Å². The third-order valence-electron chi connectivity index (χ3n) is 3.91. The molecule has 0 fully saturated rings. The van der Waals surface area contributed by atoms with E-state index in [4.69, 9.17) is 5.80 Å². The molecule has 1 aromatic rings. The number of benzene rings is 1. The van der Waals surface area contributed by atoms with Crippen LogP contribution < -0.4 is 4.52 Å². The fourth-order valence-electron chi connectivity index (χ4n) is 2.24. The molecule has 106 valence electrons. The zero-order chi connectivity index (χ0) is 15.2. The first kappa shape index (κ1) is 14.7. The molecule has 0 aliphatic carbocycles. The highest BCUT2D eigenvalue weighted by Gasteiger charge is 2.35. The molecular formula is C14H21F2OPSi. The number of rotatable bonds is 7. The van der Waals surface area contributed by atoms with Crippen molar-refractivity contribution in [2.45, 2.75) is 38.9 Å². The lowest BCUT2D eigenvalue weighted by atomic mass is 10.2. The van der Waals surface area contributed by atoms with Crippen LogP contribution in [0.2, 0.25) is 18.1 Å². The van der Waals surface area contributed by atoms with Crippen molar-refractivity contribution in [1.82, 2.24) is 0 Å². The monoisotopic (exact) mass is 304 g/mol.